The molecule has 0 saturated heterocycles. The summed E-state index contributed by atoms with van der Waals surface area (Å²) in [6.07, 6.45) is 3.92. The van der Waals surface area contributed by atoms with Crippen molar-refractivity contribution in [1.29, 1.82) is 0 Å². The Morgan fingerprint density at radius 3 is 2.61 bits per heavy atom. The number of benzene rings is 2. The van der Waals surface area contributed by atoms with Gasteiger partial charge >= 0.3 is 0 Å². The van der Waals surface area contributed by atoms with Crippen LogP contribution in [0.2, 0.25) is 0 Å². The van der Waals surface area contributed by atoms with Gasteiger partial charge < -0.3 is 4.18 Å². The topological polar surface area (TPSA) is 50.4 Å². The molecule has 0 fully saturated rings. The van der Waals surface area contributed by atoms with Gasteiger partial charge in [-0.2, -0.15) is 8.93 Å². The van der Waals surface area contributed by atoms with E-state index >= 15 is 0 Å². The van der Waals surface area contributed by atoms with Gasteiger partial charge in [-0.15, -0.1) is 0 Å². The van der Waals surface area contributed by atoms with Gasteiger partial charge in [0.05, 0.1) is 12.1 Å². The van der Waals surface area contributed by atoms with E-state index in [9.17, 15) is 4.21 Å². The van der Waals surface area contributed by atoms with Crippen molar-refractivity contribution in [3.63, 3.8) is 0 Å². The largest absolute Gasteiger partial charge is 0.389 e. The first-order valence-electron chi connectivity index (χ1n) is 7.23. The van der Waals surface area contributed by atoms with E-state index in [1.54, 1.807) is 12.1 Å². The Morgan fingerprint density at radius 2 is 1.87 bits per heavy atom. The van der Waals surface area contributed by atoms with Gasteiger partial charge in [0.15, 0.2) is 0 Å². The number of rotatable bonds is 5. The van der Waals surface area contributed by atoms with Crippen LogP contribution in [0.15, 0.2) is 54.6 Å². The van der Waals surface area contributed by atoms with Crippen LogP contribution in [0.1, 0.15) is 22.7 Å². The second-order valence-electron chi connectivity index (χ2n) is 5.35. The Balaban J connectivity index is 1.70. The lowest BCUT2D eigenvalue weighted by atomic mass is 9.90. The summed E-state index contributed by atoms with van der Waals surface area (Å²) in [5.74, 6) is 0.553. The zero-order valence-electron chi connectivity index (χ0n) is 12.5. The van der Waals surface area contributed by atoms with Gasteiger partial charge in [0, 0.05) is 0 Å². The van der Waals surface area contributed by atoms with Crippen LogP contribution in [0.25, 0.3) is 6.08 Å². The number of aryl methyl sites for hydroxylation is 1. The fraction of sp³-hybridized carbons (Fsp3) is 0.176. The molecule has 23 heavy (non-hydrogen) atoms. The summed E-state index contributed by atoms with van der Waals surface area (Å²) in [6, 6.07) is 14.9. The summed E-state index contributed by atoms with van der Waals surface area (Å²) >= 11 is 4.23. The molecule has 0 aliphatic heterocycles. The van der Waals surface area contributed by atoms with E-state index in [1.807, 2.05) is 55.5 Å². The van der Waals surface area contributed by atoms with E-state index in [-0.39, 0.29) is 12.1 Å². The lowest BCUT2D eigenvalue weighted by Crippen LogP contribution is -2.41. The van der Waals surface area contributed by atoms with Gasteiger partial charge in [0.2, 0.25) is 0 Å². The Morgan fingerprint density at radius 1 is 1.13 bits per heavy atom. The number of fused-ring (bicyclic) bond motifs is 1. The molecule has 0 saturated carbocycles. The predicted octanol–water partition coefficient (Wildman–Crippen LogP) is 3.42. The minimum absolute atomic E-state index is 0.191. The van der Waals surface area contributed by atoms with E-state index in [2.05, 4.69) is 9.56 Å². The molecule has 120 valence electrons. The molecule has 2 N–H and O–H groups in total. The lowest BCUT2D eigenvalue weighted by Gasteiger charge is -2.28. The van der Waals surface area contributed by atoms with Crippen molar-refractivity contribution in [3.05, 3.63) is 71.3 Å². The molecule has 3 atom stereocenters. The van der Waals surface area contributed by atoms with E-state index in [1.165, 1.54) is 0 Å². The highest BCUT2D eigenvalue weighted by molar-refractivity contribution is 7.78. The molecule has 2 aromatic rings. The van der Waals surface area contributed by atoms with Crippen LogP contribution in [-0.2, 0) is 11.3 Å². The van der Waals surface area contributed by atoms with Crippen LogP contribution < -0.4 is 13.7 Å². The SMILES string of the molecule is Cc1ccc(OS(=O)NC2C=Cc3ccccc3C2NCl)cc1. The molecular weight excluding hydrogens is 332 g/mol. The first-order chi connectivity index (χ1) is 11.2. The van der Waals surface area contributed by atoms with Crippen molar-refractivity contribution in [3.8, 4) is 5.75 Å². The highest BCUT2D eigenvalue weighted by atomic mass is 35.5. The lowest BCUT2D eigenvalue weighted by molar-refractivity contribution is 0.504. The summed E-state index contributed by atoms with van der Waals surface area (Å²) in [6.45, 7) is 1.99. The smallest absolute Gasteiger partial charge is 0.288 e. The van der Waals surface area contributed by atoms with Crippen LogP contribution in [0.3, 0.4) is 0 Å². The van der Waals surface area contributed by atoms with Gasteiger partial charge in [0.1, 0.15) is 5.75 Å². The molecule has 0 aromatic heterocycles. The number of nitrogens with one attached hydrogen (secondary N) is 2. The van der Waals surface area contributed by atoms with Crippen molar-refractivity contribution < 1.29 is 8.39 Å². The normalized spacial score (nSPS) is 20.8. The standard InChI is InChI=1S/C17H17ClN2O2S/c1-12-6-9-14(10-7-12)22-23(21)20-16-11-8-13-4-2-3-5-15(13)17(16)19-18/h2-11,16-17,19-20H,1H3. The number of hydrogen-bond acceptors (Lipinski definition) is 3. The fourth-order valence-electron chi connectivity index (χ4n) is 2.51. The summed E-state index contributed by atoms with van der Waals surface area (Å²) in [5, 5.41) is 0. The summed E-state index contributed by atoms with van der Waals surface area (Å²) in [7, 11) is 0. The second-order valence-corrected chi connectivity index (χ2v) is 6.44. The van der Waals surface area contributed by atoms with Crippen LogP contribution in [-0.4, -0.2) is 10.3 Å². The second kappa shape index (κ2) is 7.27. The third-order valence-electron chi connectivity index (χ3n) is 3.72. The molecule has 2 aromatic carbocycles. The highest BCUT2D eigenvalue weighted by Gasteiger charge is 2.27. The van der Waals surface area contributed by atoms with Gasteiger partial charge in [-0.25, -0.2) is 4.84 Å². The maximum Gasteiger partial charge on any atom is 0.288 e. The third-order valence-corrected chi connectivity index (χ3v) is 4.76. The quantitative estimate of drug-likeness (QED) is 0.814. The summed E-state index contributed by atoms with van der Waals surface area (Å²) in [5.41, 5.74) is 3.26. The fourth-order valence-corrected chi connectivity index (χ4v) is 3.53. The van der Waals surface area contributed by atoms with E-state index in [0.717, 1.165) is 16.7 Å². The Bertz CT molecular complexity index is 734. The van der Waals surface area contributed by atoms with Gasteiger partial charge in [-0.05, 0) is 42.0 Å². The molecule has 6 heteroatoms. The average molecular weight is 349 g/mol. The third kappa shape index (κ3) is 3.82. The van der Waals surface area contributed by atoms with Crippen molar-refractivity contribution in [2.75, 3.05) is 0 Å². The van der Waals surface area contributed by atoms with E-state index in [4.69, 9.17) is 16.0 Å². The predicted molar refractivity (Wildman–Crippen MR) is 94.1 cm³/mol. The zero-order valence-corrected chi connectivity index (χ0v) is 14.1. The molecule has 0 spiro atoms. The molecule has 3 rings (SSSR count). The molecule has 0 amide bonds. The monoisotopic (exact) mass is 348 g/mol. The van der Waals surface area contributed by atoms with Crippen LogP contribution in [0, 0.1) is 6.92 Å². The summed E-state index contributed by atoms with van der Waals surface area (Å²) in [4.78, 5) is 2.76. The van der Waals surface area contributed by atoms with Gasteiger partial charge in [-0.3, -0.25) is 0 Å². The van der Waals surface area contributed by atoms with E-state index in [0.29, 0.717) is 5.75 Å². The van der Waals surface area contributed by atoms with Gasteiger partial charge in [-0.1, -0.05) is 54.1 Å². The molecule has 1 aliphatic carbocycles. The van der Waals surface area contributed by atoms with Crippen molar-refractivity contribution in [2.24, 2.45) is 0 Å². The van der Waals surface area contributed by atoms with Crippen molar-refractivity contribution in [1.82, 2.24) is 9.56 Å². The van der Waals surface area contributed by atoms with Crippen molar-refractivity contribution in [2.45, 2.75) is 19.0 Å². The Kier molecular flexibility index (Phi) is 5.13. The molecule has 1 aliphatic rings. The minimum atomic E-state index is -1.67. The summed E-state index contributed by atoms with van der Waals surface area (Å²) < 4.78 is 20.6. The highest BCUT2D eigenvalue weighted by Crippen LogP contribution is 2.28. The molecule has 0 bridgehead atoms. The maximum absolute atomic E-state index is 12.2. The molecule has 0 heterocycles. The van der Waals surface area contributed by atoms with Crippen molar-refractivity contribution >= 4 is 29.1 Å². The molecular formula is C17H17ClN2O2S. The molecule has 3 unspecified atom stereocenters. The Hall–Kier alpha value is -1.66. The van der Waals surface area contributed by atoms with Crippen LogP contribution in [0.4, 0.5) is 0 Å². The van der Waals surface area contributed by atoms with Crippen LogP contribution >= 0.6 is 11.8 Å². The minimum Gasteiger partial charge on any atom is -0.389 e. The Labute approximate surface area is 143 Å². The number of hydrogen-bond donors (Lipinski definition) is 2. The zero-order chi connectivity index (χ0) is 16.2. The number of halogens is 1. The average Bonchev–Trinajstić information content (AvgIpc) is 2.57. The molecule has 0 radical (unpaired) electrons. The first-order valence-corrected chi connectivity index (χ1v) is 8.69. The first kappa shape index (κ1) is 16.2. The van der Waals surface area contributed by atoms with Gasteiger partial charge in [0.25, 0.3) is 11.3 Å². The van der Waals surface area contributed by atoms with Crippen LogP contribution in [0.5, 0.6) is 5.75 Å². The molecule has 4 nitrogen and oxygen atoms in total. The maximum atomic E-state index is 12.2. The van der Waals surface area contributed by atoms with E-state index < -0.39 is 11.3 Å².